The zero-order chi connectivity index (χ0) is 11.2. The van der Waals surface area contributed by atoms with Gasteiger partial charge in [-0.05, 0) is 26.3 Å². The smallest absolute Gasteiger partial charge is 0.239 e. The van der Waals surface area contributed by atoms with Gasteiger partial charge in [0.15, 0.2) is 0 Å². The Labute approximate surface area is 86.2 Å². The molecule has 0 aromatic carbocycles. The van der Waals surface area contributed by atoms with Crippen molar-refractivity contribution >= 4 is 5.91 Å². The van der Waals surface area contributed by atoms with E-state index in [1.807, 2.05) is 0 Å². The zero-order valence-corrected chi connectivity index (χ0v) is 9.59. The Hall–Kier alpha value is -0.610. The number of rotatable bonds is 7. The van der Waals surface area contributed by atoms with Crippen LogP contribution in [0.25, 0.3) is 0 Å². The second-order valence-corrected chi connectivity index (χ2v) is 4.18. The summed E-state index contributed by atoms with van der Waals surface area (Å²) in [6.07, 6.45) is 0.999. The lowest BCUT2D eigenvalue weighted by Crippen LogP contribution is -2.54. The van der Waals surface area contributed by atoms with E-state index in [4.69, 9.17) is 10.5 Å². The summed E-state index contributed by atoms with van der Waals surface area (Å²) in [7, 11) is 1.70. The molecular formula is C10H22N2O2. The Morgan fingerprint density at radius 3 is 2.50 bits per heavy atom. The van der Waals surface area contributed by atoms with Gasteiger partial charge < -0.3 is 15.8 Å². The molecule has 0 heterocycles. The molecule has 1 unspecified atom stereocenters. The van der Waals surface area contributed by atoms with Gasteiger partial charge in [0.05, 0.1) is 6.61 Å². The molecule has 0 saturated carbocycles. The van der Waals surface area contributed by atoms with Crippen molar-refractivity contribution in [3.05, 3.63) is 0 Å². The van der Waals surface area contributed by atoms with Crippen molar-refractivity contribution in [2.75, 3.05) is 20.3 Å². The first-order valence-electron chi connectivity index (χ1n) is 4.99. The maximum atomic E-state index is 11.1. The fraction of sp³-hybridized carbons (Fsp3) is 0.900. The number of ether oxygens (including phenoxy) is 1. The largest absolute Gasteiger partial charge is 0.379 e. The minimum absolute atomic E-state index is 0.325. The summed E-state index contributed by atoms with van der Waals surface area (Å²) < 4.78 is 5.40. The van der Waals surface area contributed by atoms with E-state index >= 15 is 0 Å². The van der Waals surface area contributed by atoms with E-state index < -0.39 is 5.54 Å². The van der Waals surface area contributed by atoms with Gasteiger partial charge in [0.1, 0.15) is 5.54 Å². The summed E-state index contributed by atoms with van der Waals surface area (Å²) in [6, 6.07) is 0. The molecule has 0 bridgehead atoms. The fourth-order valence-electron chi connectivity index (χ4n) is 0.862. The standard InChI is InChI=1S/C10H22N2O2/c1-8(2)5-6-14-7-10(3,12-4)9(11)13/h8,12H,5-7H2,1-4H3,(H2,11,13). The van der Waals surface area contributed by atoms with Gasteiger partial charge in [-0.1, -0.05) is 13.8 Å². The summed E-state index contributed by atoms with van der Waals surface area (Å²) >= 11 is 0. The molecule has 4 heteroatoms. The molecule has 0 aliphatic rings. The Morgan fingerprint density at radius 2 is 2.14 bits per heavy atom. The van der Waals surface area contributed by atoms with Gasteiger partial charge in [-0.25, -0.2) is 0 Å². The van der Waals surface area contributed by atoms with Crippen molar-refractivity contribution in [3.8, 4) is 0 Å². The number of hydrogen-bond acceptors (Lipinski definition) is 3. The van der Waals surface area contributed by atoms with E-state index in [0.717, 1.165) is 6.42 Å². The lowest BCUT2D eigenvalue weighted by Gasteiger charge is -2.25. The third kappa shape index (κ3) is 4.58. The molecule has 0 aromatic heterocycles. The summed E-state index contributed by atoms with van der Waals surface area (Å²) in [4.78, 5) is 11.1. The van der Waals surface area contributed by atoms with Crippen LogP contribution in [0.2, 0.25) is 0 Å². The number of carbonyl (C=O) groups excluding carboxylic acids is 1. The van der Waals surface area contributed by atoms with Gasteiger partial charge in [-0.3, -0.25) is 4.79 Å². The third-order valence-corrected chi connectivity index (χ3v) is 2.33. The van der Waals surface area contributed by atoms with E-state index in [1.165, 1.54) is 0 Å². The molecule has 0 rings (SSSR count). The molecule has 0 aliphatic carbocycles. The number of nitrogens with two attached hydrogens (primary N) is 1. The first kappa shape index (κ1) is 13.4. The van der Waals surface area contributed by atoms with Gasteiger partial charge >= 0.3 is 0 Å². The second-order valence-electron chi connectivity index (χ2n) is 4.18. The highest BCUT2D eigenvalue weighted by atomic mass is 16.5. The van der Waals surface area contributed by atoms with Crippen LogP contribution >= 0.6 is 0 Å². The predicted octanol–water partition coefficient (Wildman–Crippen LogP) is 0.513. The van der Waals surface area contributed by atoms with Gasteiger partial charge in [-0.15, -0.1) is 0 Å². The van der Waals surface area contributed by atoms with E-state index in [9.17, 15) is 4.79 Å². The first-order valence-corrected chi connectivity index (χ1v) is 4.99. The minimum atomic E-state index is -0.753. The third-order valence-electron chi connectivity index (χ3n) is 2.33. The van der Waals surface area contributed by atoms with Crippen LogP contribution in [0.4, 0.5) is 0 Å². The van der Waals surface area contributed by atoms with Crippen LogP contribution in [0.5, 0.6) is 0 Å². The highest BCUT2D eigenvalue weighted by Crippen LogP contribution is 2.05. The SMILES string of the molecule is CNC(C)(COCCC(C)C)C(N)=O. The maximum absolute atomic E-state index is 11.1. The van der Waals surface area contributed by atoms with E-state index in [2.05, 4.69) is 19.2 Å². The van der Waals surface area contributed by atoms with E-state index in [1.54, 1.807) is 14.0 Å². The molecule has 3 N–H and O–H groups in total. The molecule has 1 amide bonds. The Bertz CT molecular complexity index is 183. The molecule has 0 spiro atoms. The number of nitrogens with one attached hydrogen (secondary N) is 1. The summed E-state index contributed by atoms with van der Waals surface area (Å²) in [5.41, 5.74) is 4.49. The van der Waals surface area contributed by atoms with Crippen LogP contribution in [0.1, 0.15) is 27.2 Å². The average molecular weight is 202 g/mol. The molecule has 0 saturated heterocycles. The van der Waals surface area contributed by atoms with Crippen LogP contribution < -0.4 is 11.1 Å². The molecule has 0 radical (unpaired) electrons. The van der Waals surface area contributed by atoms with Crippen LogP contribution in [-0.4, -0.2) is 31.7 Å². The molecule has 4 nitrogen and oxygen atoms in total. The quantitative estimate of drug-likeness (QED) is 0.591. The molecule has 0 aliphatic heterocycles. The highest BCUT2D eigenvalue weighted by Gasteiger charge is 2.28. The Morgan fingerprint density at radius 1 is 1.57 bits per heavy atom. The van der Waals surface area contributed by atoms with Crippen LogP contribution in [0.3, 0.4) is 0 Å². The van der Waals surface area contributed by atoms with E-state index in [-0.39, 0.29) is 5.91 Å². The molecule has 84 valence electrons. The number of amides is 1. The lowest BCUT2D eigenvalue weighted by atomic mass is 10.0. The molecule has 0 aromatic rings. The fourth-order valence-corrected chi connectivity index (χ4v) is 0.862. The number of carbonyl (C=O) groups is 1. The van der Waals surface area contributed by atoms with Gasteiger partial charge in [0, 0.05) is 6.61 Å². The average Bonchev–Trinajstić information content (AvgIpc) is 2.11. The van der Waals surface area contributed by atoms with Crippen molar-refractivity contribution < 1.29 is 9.53 Å². The second kappa shape index (κ2) is 5.98. The van der Waals surface area contributed by atoms with Crippen molar-refractivity contribution in [2.24, 2.45) is 11.7 Å². The molecule has 14 heavy (non-hydrogen) atoms. The van der Waals surface area contributed by atoms with Crippen LogP contribution in [0.15, 0.2) is 0 Å². The van der Waals surface area contributed by atoms with Crippen molar-refractivity contribution in [3.63, 3.8) is 0 Å². The van der Waals surface area contributed by atoms with Crippen molar-refractivity contribution in [1.29, 1.82) is 0 Å². The zero-order valence-electron chi connectivity index (χ0n) is 9.59. The van der Waals surface area contributed by atoms with Gasteiger partial charge in [0.2, 0.25) is 5.91 Å². The molecular weight excluding hydrogens is 180 g/mol. The monoisotopic (exact) mass is 202 g/mol. The molecule has 0 fully saturated rings. The van der Waals surface area contributed by atoms with Gasteiger partial charge in [0.25, 0.3) is 0 Å². The maximum Gasteiger partial charge on any atom is 0.239 e. The van der Waals surface area contributed by atoms with Gasteiger partial charge in [-0.2, -0.15) is 0 Å². The topological polar surface area (TPSA) is 64.3 Å². The highest BCUT2D eigenvalue weighted by molar-refractivity contribution is 5.84. The first-order chi connectivity index (χ1) is 6.42. The number of hydrogen-bond donors (Lipinski definition) is 2. The minimum Gasteiger partial charge on any atom is -0.379 e. The molecule has 1 atom stereocenters. The Kier molecular flexibility index (Phi) is 5.72. The Balaban J connectivity index is 3.79. The predicted molar refractivity (Wildman–Crippen MR) is 56.9 cm³/mol. The summed E-state index contributed by atoms with van der Waals surface area (Å²) in [5, 5.41) is 2.87. The van der Waals surface area contributed by atoms with Crippen LogP contribution in [0, 0.1) is 5.92 Å². The van der Waals surface area contributed by atoms with Crippen LogP contribution in [-0.2, 0) is 9.53 Å². The van der Waals surface area contributed by atoms with Crippen molar-refractivity contribution in [2.45, 2.75) is 32.7 Å². The lowest BCUT2D eigenvalue weighted by molar-refractivity contribution is -0.126. The normalized spacial score (nSPS) is 15.5. The summed E-state index contributed by atoms with van der Waals surface area (Å²) in [6.45, 7) is 7.00. The number of likely N-dealkylation sites (N-methyl/N-ethyl adjacent to an activating group) is 1. The van der Waals surface area contributed by atoms with Crippen molar-refractivity contribution in [1.82, 2.24) is 5.32 Å². The van der Waals surface area contributed by atoms with E-state index in [0.29, 0.717) is 19.1 Å². The number of primary amides is 1. The summed E-state index contributed by atoms with van der Waals surface area (Å²) in [5.74, 6) is 0.231.